The van der Waals surface area contributed by atoms with Crippen LogP contribution in [0.2, 0.25) is 0 Å². The molecule has 4 N–H and O–H groups in total. The fraction of sp³-hybridized carbons (Fsp3) is 0.375. The number of hydrazine groups is 1. The Balaban J connectivity index is 1.31. The molecule has 6 aromatic heterocycles. The summed E-state index contributed by atoms with van der Waals surface area (Å²) in [5, 5.41) is 17.9. The third-order valence-corrected chi connectivity index (χ3v) is 9.08. The van der Waals surface area contributed by atoms with Crippen LogP contribution in [-0.2, 0) is 0 Å². The normalized spacial score (nSPS) is 16.0. The molecule has 8 heterocycles. The number of imidazole rings is 2. The zero-order valence-electron chi connectivity index (χ0n) is 27.0. The molecule has 0 unspecified atom stereocenters. The standard InChI is InChI=1S/C32H38N16/c1-33-31-39-13-7-23(43-31)25-19-41-27-29(37-15-17-45(25)27)47(21-3-9-35-10-4-21)48(22-5-11-36-12-6-22)30-28-42-20-26(46(28)18-16-38-30)24-8-14-40-32(34-2)44-24/h7-8,13-22,35-36H,3-6,9-12H2,1-2H3,(H,33,39,43)(H,34,40,44). The molecule has 246 valence electrons. The van der Waals surface area contributed by atoms with Crippen LogP contribution in [0.5, 0.6) is 0 Å². The van der Waals surface area contributed by atoms with Crippen molar-refractivity contribution >= 4 is 34.8 Å². The number of piperidine rings is 2. The van der Waals surface area contributed by atoms with Crippen molar-refractivity contribution in [3.63, 3.8) is 0 Å². The largest absolute Gasteiger partial charge is 0.357 e. The highest BCUT2D eigenvalue weighted by molar-refractivity contribution is 5.77. The van der Waals surface area contributed by atoms with Crippen LogP contribution in [-0.4, -0.2) is 101 Å². The van der Waals surface area contributed by atoms with Crippen LogP contribution < -0.4 is 31.3 Å². The molecule has 8 rings (SSSR count). The lowest BCUT2D eigenvalue weighted by Crippen LogP contribution is -2.59. The van der Waals surface area contributed by atoms with E-state index in [0.717, 1.165) is 97.6 Å². The number of nitrogens with zero attached hydrogens (tertiary/aromatic N) is 12. The van der Waals surface area contributed by atoms with Crippen LogP contribution in [0.1, 0.15) is 25.7 Å². The highest BCUT2D eigenvalue weighted by atomic mass is 15.7. The first-order valence-corrected chi connectivity index (χ1v) is 16.4. The van der Waals surface area contributed by atoms with Crippen molar-refractivity contribution in [3.05, 3.63) is 61.7 Å². The van der Waals surface area contributed by atoms with Crippen molar-refractivity contribution in [2.45, 2.75) is 37.8 Å². The van der Waals surface area contributed by atoms with Crippen molar-refractivity contribution in [1.29, 1.82) is 0 Å². The summed E-state index contributed by atoms with van der Waals surface area (Å²) in [5.41, 5.74) is 4.73. The molecule has 6 aromatic rings. The van der Waals surface area contributed by atoms with E-state index in [1.165, 1.54) is 0 Å². The van der Waals surface area contributed by atoms with Gasteiger partial charge in [0.1, 0.15) is 0 Å². The third-order valence-electron chi connectivity index (χ3n) is 9.08. The minimum Gasteiger partial charge on any atom is -0.357 e. The van der Waals surface area contributed by atoms with E-state index in [1.807, 2.05) is 63.4 Å². The van der Waals surface area contributed by atoms with Gasteiger partial charge in [0.05, 0.1) is 47.3 Å². The number of nitrogens with one attached hydrogen (secondary N) is 4. The quantitative estimate of drug-likeness (QED) is 0.169. The molecule has 0 aromatic carbocycles. The molecule has 16 nitrogen and oxygen atoms in total. The van der Waals surface area contributed by atoms with Crippen LogP contribution in [0.25, 0.3) is 34.1 Å². The highest BCUT2D eigenvalue weighted by Gasteiger charge is 2.37. The second-order valence-corrected chi connectivity index (χ2v) is 11.9. The fourth-order valence-corrected chi connectivity index (χ4v) is 6.76. The van der Waals surface area contributed by atoms with Gasteiger partial charge in [-0.05, 0) is 64.0 Å². The zero-order valence-corrected chi connectivity index (χ0v) is 27.0. The summed E-state index contributed by atoms with van der Waals surface area (Å²) in [4.78, 5) is 38.1. The van der Waals surface area contributed by atoms with Gasteiger partial charge in [0.15, 0.2) is 22.9 Å². The summed E-state index contributed by atoms with van der Waals surface area (Å²) in [5.74, 6) is 2.63. The first-order chi connectivity index (χ1) is 23.7. The molecule has 0 amide bonds. The summed E-state index contributed by atoms with van der Waals surface area (Å²) in [6.45, 7) is 3.63. The summed E-state index contributed by atoms with van der Waals surface area (Å²) in [6.07, 6.45) is 18.5. The number of fused-ring (bicyclic) bond motifs is 2. The van der Waals surface area contributed by atoms with Crippen molar-refractivity contribution in [2.75, 3.05) is 60.9 Å². The van der Waals surface area contributed by atoms with Gasteiger partial charge in [-0.3, -0.25) is 18.8 Å². The number of hydrogen-bond donors (Lipinski definition) is 4. The molecule has 2 aliphatic rings. The van der Waals surface area contributed by atoms with Crippen molar-refractivity contribution < 1.29 is 0 Å². The number of aromatic nitrogens is 10. The minimum absolute atomic E-state index is 0.145. The Bertz CT molecular complexity index is 1880. The number of rotatable bonds is 9. The maximum Gasteiger partial charge on any atom is 0.222 e. The van der Waals surface area contributed by atoms with Crippen molar-refractivity contribution in [3.8, 4) is 22.8 Å². The van der Waals surface area contributed by atoms with Gasteiger partial charge in [-0.1, -0.05) is 0 Å². The lowest BCUT2D eigenvalue weighted by Gasteiger charge is -2.47. The fourth-order valence-electron chi connectivity index (χ4n) is 6.76. The summed E-state index contributed by atoms with van der Waals surface area (Å²) < 4.78 is 4.13. The Kier molecular flexibility index (Phi) is 8.07. The number of anilines is 4. The molecule has 2 fully saturated rings. The van der Waals surface area contributed by atoms with Gasteiger partial charge in [-0.2, -0.15) is 0 Å². The molecule has 16 heteroatoms. The smallest absolute Gasteiger partial charge is 0.222 e. The van der Waals surface area contributed by atoms with Gasteiger partial charge >= 0.3 is 0 Å². The van der Waals surface area contributed by atoms with Crippen molar-refractivity contribution in [2.24, 2.45) is 0 Å². The maximum atomic E-state index is 5.06. The molecule has 0 bridgehead atoms. The lowest BCUT2D eigenvalue weighted by atomic mass is 10.0. The Labute approximate surface area is 277 Å². The second-order valence-electron chi connectivity index (χ2n) is 11.9. The van der Waals surface area contributed by atoms with Gasteiger partial charge in [0.2, 0.25) is 11.9 Å². The minimum atomic E-state index is 0.145. The van der Waals surface area contributed by atoms with E-state index in [4.69, 9.17) is 29.9 Å². The Morgan fingerprint density at radius 3 is 1.46 bits per heavy atom. The van der Waals surface area contributed by atoms with Gasteiger partial charge < -0.3 is 21.3 Å². The first kappa shape index (κ1) is 29.9. The van der Waals surface area contributed by atoms with Gasteiger partial charge in [0, 0.05) is 51.3 Å². The SMILES string of the molecule is CNc1nccc(-c2cnc3c(N(C4CCNCC4)N(c4nccn5c(-c6ccnc(NC)n6)cnc45)C4CCNCC4)nccn23)n1. The van der Waals surface area contributed by atoms with E-state index in [9.17, 15) is 0 Å². The first-order valence-electron chi connectivity index (χ1n) is 16.4. The lowest BCUT2D eigenvalue weighted by molar-refractivity contribution is 0.368. The van der Waals surface area contributed by atoms with E-state index >= 15 is 0 Å². The third kappa shape index (κ3) is 5.37. The molecule has 2 aliphatic heterocycles. The van der Waals surface area contributed by atoms with E-state index in [-0.39, 0.29) is 12.1 Å². The predicted molar refractivity (Wildman–Crippen MR) is 184 cm³/mol. The van der Waals surface area contributed by atoms with Gasteiger partial charge in [-0.15, -0.1) is 0 Å². The van der Waals surface area contributed by atoms with Crippen LogP contribution >= 0.6 is 0 Å². The Morgan fingerprint density at radius 1 is 0.604 bits per heavy atom. The van der Waals surface area contributed by atoms with E-state index in [2.05, 4.69) is 50.1 Å². The predicted octanol–water partition coefficient (Wildman–Crippen LogP) is 2.50. The van der Waals surface area contributed by atoms with Gasteiger partial charge in [-0.25, -0.2) is 39.9 Å². The van der Waals surface area contributed by atoms with Crippen molar-refractivity contribution in [1.82, 2.24) is 59.3 Å². The molecule has 0 saturated carbocycles. The molecule has 48 heavy (non-hydrogen) atoms. The molecular weight excluding hydrogens is 608 g/mol. The Hall–Kier alpha value is -5.48. The average Bonchev–Trinajstić information content (AvgIpc) is 3.80. The van der Waals surface area contributed by atoms with Crippen LogP contribution in [0, 0.1) is 0 Å². The van der Waals surface area contributed by atoms with E-state index in [1.54, 1.807) is 12.4 Å². The van der Waals surface area contributed by atoms with Crippen LogP contribution in [0.15, 0.2) is 61.7 Å². The van der Waals surface area contributed by atoms with E-state index in [0.29, 0.717) is 11.9 Å². The monoisotopic (exact) mass is 646 g/mol. The molecule has 0 spiro atoms. The summed E-state index contributed by atoms with van der Waals surface area (Å²) in [6, 6.07) is 4.08. The molecule has 2 saturated heterocycles. The molecule has 0 radical (unpaired) electrons. The topological polar surface area (TPSA) is 167 Å². The summed E-state index contributed by atoms with van der Waals surface area (Å²) in [7, 11) is 3.62. The Morgan fingerprint density at radius 2 is 1.04 bits per heavy atom. The van der Waals surface area contributed by atoms with Crippen LogP contribution in [0.4, 0.5) is 23.5 Å². The average molecular weight is 647 g/mol. The summed E-state index contributed by atoms with van der Waals surface area (Å²) >= 11 is 0. The zero-order chi connectivity index (χ0) is 32.5. The maximum absolute atomic E-state index is 5.06. The number of hydrogen-bond acceptors (Lipinski definition) is 14. The second kappa shape index (κ2) is 13.0. The van der Waals surface area contributed by atoms with E-state index < -0.39 is 0 Å². The van der Waals surface area contributed by atoms with Gasteiger partial charge in [0.25, 0.3) is 0 Å². The van der Waals surface area contributed by atoms with Crippen LogP contribution in [0.3, 0.4) is 0 Å². The molecular formula is C32H38N16. The molecule has 0 aliphatic carbocycles. The highest BCUT2D eigenvalue weighted by Crippen LogP contribution is 2.35. The molecule has 0 atom stereocenters.